The number of hydrogen-bond donors (Lipinski definition) is 2. The molecule has 0 fully saturated rings. The van der Waals surface area contributed by atoms with Crippen molar-refractivity contribution in [1.82, 2.24) is 0 Å². The fourth-order valence-electron chi connectivity index (χ4n) is 1.25. The van der Waals surface area contributed by atoms with E-state index in [0.717, 1.165) is 0 Å². The highest BCUT2D eigenvalue weighted by atomic mass is 32.2. The van der Waals surface area contributed by atoms with Gasteiger partial charge in [0.15, 0.2) is 0 Å². The first-order chi connectivity index (χ1) is 8.08. The van der Waals surface area contributed by atoms with Crippen LogP contribution in [-0.2, 0) is 4.79 Å². The van der Waals surface area contributed by atoms with Crippen LogP contribution in [0.1, 0.15) is 10.4 Å². The highest BCUT2D eigenvalue weighted by Gasteiger charge is 2.13. The lowest BCUT2D eigenvalue weighted by Gasteiger charge is -2.09. The summed E-state index contributed by atoms with van der Waals surface area (Å²) in [6, 6.07) is 4.48. The number of thioether (sulfide) groups is 1. The van der Waals surface area contributed by atoms with Crippen LogP contribution in [0.3, 0.4) is 0 Å². The normalized spacial score (nSPS) is 9.76. The summed E-state index contributed by atoms with van der Waals surface area (Å²) in [5, 5.41) is 11.6. The monoisotopic (exact) mass is 255 g/mol. The molecular weight excluding hydrogens is 242 g/mol. The summed E-state index contributed by atoms with van der Waals surface area (Å²) in [7, 11) is 1.45. The average Bonchev–Trinajstić information content (AvgIpc) is 2.29. The van der Waals surface area contributed by atoms with E-state index in [-0.39, 0.29) is 22.9 Å². The molecule has 1 aromatic carbocycles. The van der Waals surface area contributed by atoms with Crippen LogP contribution >= 0.6 is 11.8 Å². The molecule has 1 rings (SSSR count). The summed E-state index contributed by atoms with van der Waals surface area (Å²) in [5.41, 5.74) is 0.288. The third-order valence-corrected chi connectivity index (χ3v) is 2.56. The number of ether oxygens (including phenoxy) is 1. The zero-order chi connectivity index (χ0) is 12.8. The van der Waals surface area contributed by atoms with E-state index in [1.165, 1.54) is 31.0 Å². The minimum atomic E-state index is -1.11. The van der Waals surface area contributed by atoms with Gasteiger partial charge in [0, 0.05) is 0 Å². The molecule has 0 aliphatic rings. The molecular formula is C11H13NO4S. The second-order valence-electron chi connectivity index (χ2n) is 3.20. The molecule has 2 N–H and O–H groups in total. The van der Waals surface area contributed by atoms with E-state index in [1.54, 1.807) is 12.3 Å². The Bertz CT molecular complexity index is 433. The predicted molar refractivity (Wildman–Crippen MR) is 67.0 cm³/mol. The molecule has 0 aliphatic carbocycles. The van der Waals surface area contributed by atoms with Crippen LogP contribution in [0.15, 0.2) is 18.2 Å². The minimum absolute atomic E-state index is 0.0128. The molecule has 0 spiro atoms. The highest BCUT2D eigenvalue weighted by molar-refractivity contribution is 7.99. The van der Waals surface area contributed by atoms with E-state index in [0.29, 0.717) is 5.75 Å². The summed E-state index contributed by atoms with van der Waals surface area (Å²) < 4.78 is 4.93. The maximum atomic E-state index is 11.4. The van der Waals surface area contributed by atoms with Crippen molar-refractivity contribution in [2.24, 2.45) is 0 Å². The van der Waals surface area contributed by atoms with Gasteiger partial charge in [-0.15, -0.1) is 0 Å². The number of carbonyl (C=O) groups is 2. The number of benzene rings is 1. The quantitative estimate of drug-likeness (QED) is 0.837. The zero-order valence-corrected chi connectivity index (χ0v) is 10.3. The first-order valence-electron chi connectivity index (χ1n) is 4.78. The molecule has 92 valence electrons. The van der Waals surface area contributed by atoms with Gasteiger partial charge in [0.2, 0.25) is 5.91 Å². The SMILES string of the molecule is COc1ccc(NC(=O)CSC)c(C(=O)O)c1. The number of amides is 1. The molecule has 0 heterocycles. The summed E-state index contributed by atoms with van der Waals surface area (Å²) in [6.45, 7) is 0. The van der Waals surface area contributed by atoms with Crippen molar-refractivity contribution >= 4 is 29.3 Å². The maximum absolute atomic E-state index is 11.4. The molecule has 0 aliphatic heterocycles. The molecule has 0 unspecified atom stereocenters. The van der Waals surface area contributed by atoms with Crippen molar-refractivity contribution < 1.29 is 19.4 Å². The van der Waals surface area contributed by atoms with Gasteiger partial charge >= 0.3 is 5.97 Å². The third kappa shape index (κ3) is 3.67. The van der Waals surface area contributed by atoms with Crippen LogP contribution in [0.5, 0.6) is 5.75 Å². The van der Waals surface area contributed by atoms with Gasteiger partial charge in [-0.2, -0.15) is 11.8 Å². The molecule has 6 heteroatoms. The van der Waals surface area contributed by atoms with Crippen LogP contribution in [0.4, 0.5) is 5.69 Å². The molecule has 0 bridgehead atoms. The van der Waals surface area contributed by atoms with Gasteiger partial charge in [-0.05, 0) is 24.5 Å². The summed E-state index contributed by atoms with van der Waals surface area (Å²) >= 11 is 1.37. The van der Waals surface area contributed by atoms with Crippen molar-refractivity contribution in [3.05, 3.63) is 23.8 Å². The molecule has 0 radical (unpaired) electrons. The Kier molecular flexibility index (Phi) is 4.84. The van der Waals surface area contributed by atoms with Crippen LogP contribution in [-0.4, -0.2) is 36.1 Å². The lowest BCUT2D eigenvalue weighted by Crippen LogP contribution is -2.16. The Morgan fingerprint density at radius 2 is 2.18 bits per heavy atom. The molecule has 17 heavy (non-hydrogen) atoms. The lowest BCUT2D eigenvalue weighted by molar-refractivity contribution is -0.113. The first-order valence-corrected chi connectivity index (χ1v) is 6.18. The Balaban J connectivity index is 2.98. The number of anilines is 1. The molecule has 1 amide bonds. The van der Waals surface area contributed by atoms with E-state index >= 15 is 0 Å². The van der Waals surface area contributed by atoms with Gasteiger partial charge in [-0.3, -0.25) is 4.79 Å². The average molecular weight is 255 g/mol. The fraction of sp³-hybridized carbons (Fsp3) is 0.273. The summed E-state index contributed by atoms with van der Waals surface area (Å²) in [6.07, 6.45) is 1.80. The standard InChI is InChI=1S/C11H13NO4S/c1-16-7-3-4-9(8(5-7)11(14)15)12-10(13)6-17-2/h3-5H,6H2,1-2H3,(H,12,13)(H,14,15). The van der Waals surface area contributed by atoms with E-state index in [9.17, 15) is 9.59 Å². The number of carbonyl (C=O) groups excluding carboxylic acids is 1. The zero-order valence-electron chi connectivity index (χ0n) is 9.52. The van der Waals surface area contributed by atoms with E-state index in [4.69, 9.17) is 9.84 Å². The lowest BCUT2D eigenvalue weighted by atomic mass is 10.1. The van der Waals surface area contributed by atoms with Crippen molar-refractivity contribution in [3.63, 3.8) is 0 Å². The smallest absolute Gasteiger partial charge is 0.337 e. The van der Waals surface area contributed by atoms with Crippen molar-refractivity contribution in [1.29, 1.82) is 0 Å². The van der Waals surface area contributed by atoms with Gasteiger partial charge in [0.05, 0.1) is 24.1 Å². The Morgan fingerprint density at radius 3 is 2.71 bits per heavy atom. The van der Waals surface area contributed by atoms with Crippen LogP contribution in [0.25, 0.3) is 0 Å². The number of rotatable bonds is 5. The van der Waals surface area contributed by atoms with Crippen LogP contribution in [0.2, 0.25) is 0 Å². The van der Waals surface area contributed by atoms with E-state index in [2.05, 4.69) is 5.32 Å². The fourth-order valence-corrected chi connectivity index (χ4v) is 1.59. The second-order valence-corrected chi connectivity index (χ2v) is 4.06. The second kappa shape index (κ2) is 6.15. The molecule has 5 nitrogen and oxygen atoms in total. The van der Waals surface area contributed by atoms with E-state index in [1.807, 2.05) is 0 Å². The molecule has 0 aromatic heterocycles. The van der Waals surface area contributed by atoms with Crippen LogP contribution < -0.4 is 10.1 Å². The number of carboxylic acids is 1. The number of aromatic carboxylic acids is 1. The predicted octanol–water partition coefficient (Wildman–Crippen LogP) is 1.69. The van der Waals surface area contributed by atoms with Crippen LogP contribution in [0, 0.1) is 0 Å². The summed E-state index contributed by atoms with van der Waals surface area (Å²) in [5.74, 6) is -0.621. The van der Waals surface area contributed by atoms with Crippen molar-refractivity contribution in [3.8, 4) is 5.75 Å². The summed E-state index contributed by atoms with van der Waals surface area (Å²) in [4.78, 5) is 22.4. The highest BCUT2D eigenvalue weighted by Crippen LogP contribution is 2.22. The van der Waals surface area contributed by atoms with Crippen molar-refractivity contribution in [2.75, 3.05) is 24.4 Å². The molecule has 0 atom stereocenters. The number of hydrogen-bond acceptors (Lipinski definition) is 4. The number of carboxylic acid groups (broad SMARTS) is 1. The minimum Gasteiger partial charge on any atom is -0.497 e. The molecule has 1 aromatic rings. The van der Waals surface area contributed by atoms with Gasteiger partial charge in [0.25, 0.3) is 0 Å². The number of methoxy groups -OCH3 is 1. The maximum Gasteiger partial charge on any atom is 0.337 e. The Morgan fingerprint density at radius 1 is 1.47 bits per heavy atom. The largest absolute Gasteiger partial charge is 0.497 e. The molecule has 0 saturated heterocycles. The van der Waals surface area contributed by atoms with Gasteiger partial charge in [-0.25, -0.2) is 4.79 Å². The Hall–Kier alpha value is -1.69. The first kappa shape index (κ1) is 13.4. The van der Waals surface area contributed by atoms with Gasteiger partial charge in [0.1, 0.15) is 5.75 Å². The topological polar surface area (TPSA) is 75.6 Å². The van der Waals surface area contributed by atoms with E-state index < -0.39 is 5.97 Å². The van der Waals surface area contributed by atoms with Gasteiger partial charge < -0.3 is 15.2 Å². The third-order valence-electron chi connectivity index (χ3n) is 2.01. The van der Waals surface area contributed by atoms with Gasteiger partial charge in [-0.1, -0.05) is 0 Å². The molecule has 0 saturated carbocycles. The van der Waals surface area contributed by atoms with Crippen molar-refractivity contribution in [2.45, 2.75) is 0 Å². The number of nitrogens with one attached hydrogen (secondary N) is 1. The Labute approximate surface area is 103 Å².